The molecule has 0 aromatic heterocycles. The molecule has 3 heteroatoms. The van der Waals surface area contributed by atoms with Gasteiger partial charge in [-0.1, -0.05) is 0 Å². The van der Waals surface area contributed by atoms with Crippen LogP contribution in [0.1, 0.15) is 24.6 Å². The van der Waals surface area contributed by atoms with Crippen molar-refractivity contribution in [2.24, 2.45) is 0 Å². The van der Waals surface area contributed by atoms with E-state index in [1.54, 1.807) is 12.1 Å². The van der Waals surface area contributed by atoms with E-state index in [1.165, 1.54) is 6.07 Å². The Bertz CT molecular complexity index is 314. The van der Waals surface area contributed by atoms with Crippen LogP contribution in [0, 0.1) is 0 Å². The fraction of sp³-hybridized carbons (Fsp3) is 0.400. The second-order valence-electron chi connectivity index (χ2n) is 3.31. The summed E-state index contributed by atoms with van der Waals surface area (Å²) in [6.07, 6.45) is 0.414. The molecule has 2 rings (SSSR count). The lowest BCUT2D eigenvalue weighted by Crippen LogP contribution is -1.98. The first kappa shape index (κ1) is 8.35. The van der Waals surface area contributed by atoms with Gasteiger partial charge in [0, 0.05) is 17.8 Å². The van der Waals surface area contributed by atoms with Gasteiger partial charge in [-0.15, -0.1) is 0 Å². The Kier molecular flexibility index (Phi) is 2.08. The molecule has 1 heterocycles. The summed E-state index contributed by atoms with van der Waals surface area (Å²) in [5.74, 6) is 0.130. The van der Waals surface area contributed by atoms with E-state index in [4.69, 9.17) is 0 Å². The Morgan fingerprint density at radius 3 is 3.15 bits per heavy atom. The van der Waals surface area contributed by atoms with Gasteiger partial charge < -0.3 is 10.4 Å². The zero-order valence-electron chi connectivity index (χ0n) is 7.26. The third-order valence-corrected chi connectivity index (χ3v) is 2.32. The molecule has 1 aromatic rings. The Hall–Kier alpha value is -1.25. The monoisotopic (exact) mass is 181 g/mol. The minimum Gasteiger partial charge on any atom is -0.508 e. The van der Waals surface area contributed by atoms with Crippen LogP contribution in [0.2, 0.25) is 0 Å². The molecule has 0 amide bonds. The summed E-state index contributed by atoms with van der Waals surface area (Å²) in [6, 6.07) is 4.80. The maximum absolute atomic E-state index is 13.5. The van der Waals surface area contributed by atoms with E-state index in [2.05, 4.69) is 5.32 Å². The van der Waals surface area contributed by atoms with Crippen molar-refractivity contribution in [1.29, 1.82) is 0 Å². The van der Waals surface area contributed by atoms with Gasteiger partial charge in [0.15, 0.2) is 0 Å². The highest BCUT2D eigenvalue weighted by molar-refractivity contribution is 5.55. The van der Waals surface area contributed by atoms with Crippen molar-refractivity contribution in [2.45, 2.75) is 19.0 Å². The van der Waals surface area contributed by atoms with Crippen LogP contribution in [0.5, 0.6) is 5.75 Å². The van der Waals surface area contributed by atoms with E-state index in [0.29, 0.717) is 12.0 Å². The number of fused-ring (bicyclic) bond motifs is 1. The molecule has 1 atom stereocenters. The molecule has 0 radical (unpaired) electrons. The SMILES string of the molecule is Oc1ccc2c(c1)C(F)CCCN2. The van der Waals surface area contributed by atoms with Crippen LogP contribution in [-0.4, -0.2) is 11.7 Å². The van der Waals surface area contributed by atoms with Crippen molar-refractivity contribution >= 4 is 5.69 Å². The van der Waals surface area contributed by atoms with E-state index >= 15 is 0 Å². The highest BCUT2D eigenvalue weighted by Crippen LogP contribution is 2.34. The van der Waals surface area contributed by atoms with E-state index in [9.17, 15) is 9.50 Å². The molecule has 13 heavy (non-hydrogen) atoms. The molecule has 0 saturated carbocycles. The van der Waals surface area contributed by atoms with Crippen molar-refractivity contribution in [2.75, 3.05) is 11.9 Å². The van der Waals surface area contributed by atoms with Crippen molar-refractivity contribution < 1.29 is 9.50 Å². The summed E-state index contributed by atoms with van der Waals surface area (Å²) in [5.41, 5.74) is 1.39. The van der Waals surface area contributed by atoms with Gasteiger partial charge in [0.2, 0.25) is 0 Å². The molecule has 1 aliphatic heterocycles. The third-order valence-electron chi connectivity index (χ3n) is 2.32. The molecule has 0 aliphatic carbocycles. The fourth-order valence-electron chi connectivity index (χ4n) is 1.63. The first-order valence-corrected chi connectivity index (χ1v) is 4.48. The van der Waals surface area contributed by atoms with Crippen molar-refractivity contribution in [3.8, 4) is 5.75 Å². The molecule has 2 N–H and O–H groups in total. The largest absolute Gasteiger partial charge is 0.508 e. The first-order valence-electron chi connectivity index (χ1n) is 4.48. The molecule has 0 bridgehead atoms. The van der Waals surface area contributed by atoms with Crippen LogP contribution in [0.25, 0.3) is 0 Å². The number of hydrogen-bond acceptors (Lipinski definition) is 2. The maximum Gasteiger partial charge on any atom is 0.127 e. The number of rotatable bonds is 0. The number of anilines is 1. The molecule has 0 spiro atoms. The molecular weight excluding hydrogens is 169 g/mol. The van der Waals surface area contributed by atoms with Gasteiger partial charge in [-0.2, -0.15) is 0 Å². The lowest BCUT2D eigenvalue weighted by atomic mass is 10.1. The standard InChI is InChI=1S/C10H12FNO/c11-9-2-1-5-12-10-4-3-7(13)6-8(9)10/h3-4,6,9,12-13H,1-2,5H2. The third kappa shape index (κ3) is 1.59. The van der Waals surface area contributed by atoms with E-state index in [1.807, 2.05) is 0 Å². The topological polar surface area (TPSA) is 32.3 Å². The van der Waals surface area contributed by atoms with E-state index in [0.717, 1.165) is 18.7 Å². The number of phenolic OH excluding ortho intramolecular Hbond substituents is 1. The quantitative estimate of drug-likeness (QED) is 0.603. The zero-order chi connectivity index (χ0) is 9.26. The second kappa shape index (κ2) is 3.24. The molecule has 2 nitrogen and oxygen atoms in total. The molecule has 70 valence electrons. The molecule has 0 saturated heterocycles. The first-order chi connectivity index (χ1) is 6.27. The van der Waals surface area contributed by atoms with Gasteiger partial charge in [-0.3, -0.25) is 0 Å². The van der Waals surface area contributed by atoms with Gasteiger partial charge in [-0.05, 0) is 31.0 Å². The molecule has 0 fully saturated rings. The van der Waals surface area contributed by atoms with Gasteiger partial charge in [0.25, 0.3) is 0 Å². The van der Waals surface area contributed by atoms with E-state index < -0.39 is 6.17 Å². The van der Waals surface area contributed by atoms with E-state index in [-0.39, 0.29) is 5.75 Å². The number of alkyl halides is 1. The highest BCUT2D eigenvalue weighted by Gasteiger charge is 2.17. The van der Waals surface area contributed by atoms with Crippen LogP contribution in [0.15, 0.2) is 18.2 Å². The van der Waals surface area contributed by atoms with Crippen LogP contribution >= 0.6 is 0 Å². The number of nitrogens with one attached hydrogen (secondary N) is 1. The van der Waals surface area contributed by atoms with Gasteiger partial charge in [0.1, 0.15) is 11.9 Å². The average Bonchev–Trinajstić information content (AvgIpc) is 2.29. The Balaban J connectivity index is 2.43. The number of hydrogen-bond donors (Lipinski definition) is 2. The number of aromatic hydroxyl groups is 1. The Morgan fingerprint density at radius 1 is 1.46 bits per heavy atom. The van der Waals surface area contributed by atoms with Crippen molar-refractivity contribution in [1.82, 2.24) is 0 Å². The maximum atomic E-state index is 13.5. The molecule has 1 unspecified atom stereocenters. The summed E-state index contributed by atoms with van der Waals surface area (Å²) in [7, 11) is 0. The smallest absolute Gasteiger partial charge is 0.127 e. The molecular formula is C10H12FNO. The number of benzene rings is 1. The van der Waals surface area contributed by atoms with Gasteiger partial charge >= 0.3 is 0 Å². The van der Waals surface area contributed by atoms with Crippen LogP contribution in [-0.2, 0) is 0 Å². The zero-order valence-corrected chi connectivity index (χ0v) is 7.26. The average molecular weight is 181 g/mol. The lowest BCUT2D eigenvalue weighted by molar-refractivity contribution is 0.323. The highest BCUT2D eigenvalue weighted by atomic mass is 19.1. The number of halogens is 1. The Labute approximate surface area is 76.4 Å². The molecule has 1 aromatic carbocycles. The fourth-order valence-corrected chi connectivity index (χ4v) is 1.63. The second-order valence-corrected chi connectivity index (χ2v) is 3.31. The molecule has 1 aliphatic rings. The lowest BCUT2D eigenvalue weighted by Gasteiger charge is -2.09. The Morgan fingerprint density at radius 2 is 2.31 bits per heavy atom. The summed E-state index contributed by atoms with van der Waals surface area (Å²) < 4.78 is 13.5. The minimum atomic E-state index is -0.947. The predicted octanol–water partition coefficient (Wildman–Crippen LogP) is 2.61. The summed E-state index contributed by atoms with van der Waals surface area (Å²) in [4.78, 5) is 0. The van der Waals surface area contributed by atoms with Crippen molar-refractivity contribution in [3.05, 3.63) is 23.8 Å². The predicted molar refractivity (Wildman–Crippen MR) is 49.7 cm³/mol. The summed E-state index contributed by atoms with van der Waals surface area (Å²) >= 11 is 0. The van der Waals surface area contributed by atoms with Gasteiger partial charge in [-0.25, -0.2) is 4.39 Å². The van der Waals surface area contributed by atoms with Gasteiger partial charge in [0.05, 0.1) is 0 Å². The minimum absolute atomic E-state index is 0.130. The van der Waals surface area contributed by atoms with Crippen LogP contribution in [0.4, 0.5) is 10.1 Å². The summed E-state index contributed by atoms with van der Waals surface area (Å²) in [5, 5.41) is 12.3. The normalized spacial score (nSPS) is 21.5. The van der Waals surface area contributed by atoms with Crippen LogP contribution < -0.4 is 5.32 Å². The number of phenols is 1. The van der Waals surface area contributed by atoms with Crippen molar-refractivity contribution in [3.63, 3.8) is 0 Å². The summed E-state index contributed by atoms with van der Waals surface area (Å²) in [6.45, 7) is 0.804. The van der Waals surface area contributed by atoms with Crippen LogP contribution in [0.3, 0.4) is 0 Å².